The Morgan fingerprint density at radius 1 is 1.22 bits per heavy atom. The Morgan fingerprint density at radius 3 is 2.56 bits per heavy atom. The Balaban J connectivity index is 2.07. The molecule has 0 aromatic heterocycles. The van der Waals surface area contributed by atoms with Crippen LogP contribution < -0.4 is 11.3 Å². The van der Waals surface area contributed by atoms with Crippen molar-refractivity contribution in [1.82, 2.24) is 5.43 Å². The van der Waals surface area contributed by atoms with Crippen molar-refractivity contribution in [2.24, 2.45) is 11.8 Å². The second kappa shape index (κ2) is 6.25. The molecule has 1 aliphatic carbocycles. The highest BCUT2D eigenvalue weighted by Crippen LogP contribution is 2.32. The first-order valence-electron chi connectivity index (χ1n) is 6.62. The summed E-state index contributed by atoms with van der Waals surface area (Å²) in [7, 11) is 0. The van der Waals surface area contributed by atoms with Gasteiger partial charge in [0.1, 0.15) is 11.6 Å². The summed E-state index contributed by atoms with van der Waals surface area (Å²) in [6.45, 7) is 0. The number of halogens is 2. The molecule has 0 saturated heterocycles. The van der Waals surface area contributed by atoms with E-state index < -0.39 is 11.6 Å². The Morgan fingerprint density at radius 2 is 1.94 bits per heavy atom. The van der Waals surface area contributed by atoms with Crippen LogP contribution in [0.4, 0.5) is 8.78 Å². The van der Waals surface area contributed by atoms with Crippen LogP contribution >= 0.6 is 0 Å². The third-order valence-electron chi connectivity index (χ3n) is 3.83. The Bertz CT molecular complexity index is 389. The number of nitrogens with one attached hydrogen (secondary N) is 1. The molecule has 0 aliphatic heterocycles. The van der Waals surface area contributed by atoms with Crippen molar-refractivity contribution < 1.29 is 8.78 Å². The maximum absolute atomic E-state index is 13.7. The number of hydrazine groups is 1. The van der Waals surface area contributed by atoms with Gasteiger partial charge < -0.3 is 0 Å². The summed E-state index contributed by atoms with van der Waals surface area (Å²) >= 11 is 0. The van der Waals surface area contributed by atoms with Gasteiger partial charge in [0.2, 0.25) is 0 Å². The fraction of sp³-hybridized carbons (Fsp3) is 0.571. The number of hydrogen-bond donors (Lipinski definition) is 2. The molecular formula is C14H20F2N2. The first-order valence-corrected chi connectivity index (χ1v) is 6.62. The molecule has 1 unspecified atom stereocenters. The molecule has 1 saturated carbocycles. The van der Waals surface area contributed by atoms with Gasteiger partial charge in [-0.25, -0.2) is 8.78 Å². The second-order valence-corrected chi connectivity index (χ2v) is 5.12. The molecule has 1 aliphatic rings. The monoisotopic (exact) mass is 254 g/mol. The van der Waals surface area contributed by atoms with E-state index in [0.29, 0.717) is 11.5 Å². The van der Waals surface area contributed by atoms with E-state index in [1.54, 1.807) is 0 Å². The van der Waals surface area contributed by atoms with Crippen molar-refractivity contribution in [3.8, 4) is 0 Å². The van der Waals surface area contributed by atoms with Gasteiger partial charge in [-0.2, -0.15) is 0 Å². The highest BCUT2D eigenvalue weighted by atomic mass is 19.1. The van der Waals surface area contributed by atoms with Gasteiger partial charge in [0.15, 0.2) is 0 Å². The third kappa shape index (κ3) is 3.27. The molecule has 4 heteroatoms. The van der Waals surface area contributed by atoms with Crippen LogP contribution in [0, 0.1) is 17.6 Å². The van der Waals surface area contributed by atoms with Crippen molar-refractivity contribution in [3.63, 3.8) is 0 Å². The molecule has 3 N–H and O–H groups in total. The van der Waals surface area contributed by atoms with Crippen LogP contribution in [0.3, 0.4) is 0 Å². The lowest BCUT2D eigenvalue weighted by Crippen LogP contribution is -2.30. The van der Waals surface area contributed by atoms with Crippen LogP contribution in [0.15, 0.2) is 18.2 Å². The van der Waals surface area contributed by atoms with Crippen LogP contribution in [-0.2, 0) is 0 Å². The van der Waals surface area contributed by atoms with E-state index in [2.05, 4.69) is 5.43 Å². The molecule has 0 heterocycles. The van der Waals surface area contributed by atoms with E-state index >= 15 is 0 Å². The van der Waals surface area contributed by atoms with Gasteiger partial charge in [0, 0.05) is 17.7 Å². The topological polar surface area (TPSA) is 38.0 Å². The van der Waals surface area contributed by atoms with Gasteiger partial charge in [-0.1, -0.05) is 38.2 Å². The van der Waals surface area contributed by atoms with Gasteiger partial charge in [-0.15, -0.1) is 0 Å². The molecule has 2 nitrogen and oxygen atoms in total. The standard InChI is InChI=1S/C14H20F2N2/c15-11-6-7-12(13(16)9-11)14(18-17)8-10-4-2-1-3-5-10/h6-7,9-10,14,18H,1-5,8,17H2. The fourth-order valence-electron chi connectivity index (χ4n) is 2.83. The fourth-order valence-corrected chi connectivity index (χ4v) is 2.83. The summed E-state index contributed by atoms with van der Waals surface area (Å²) in [6, 6.07) is 3.45. The smallest absolute Gasteiger partial charge is 0.130 e. The molecule has 1 aromatic carbocycles. The van der Waals surface area contributed by atoms with Gasteiger partial charge in [0.05, 0.1) is 0 Å². The minimum absolute atomic E-state index is 0.228. The Kier molecular flexibility index (Phi) is 4.66. The lowest BCUT2D eigenvalue weighted by molar-refractivity contribution is 0.298. The molecule has 18 heavy (non-hydrogen) atoms. The maximum Gasteiger partial charge on any atom is 0.130 e. The third-order valence-corrected chi connectivity index (χ3v) is 3.83. The van der Waals surface area contributed by atoms with Gasteiger partial charge >= 0.3 is 0 Å². The van der Waals surface area contributed by atoms with Crippen LogP contribution in [0.5, 0.6) is 0 Å². The number of hydrogen-bond acceptors (Lipinski definition) is 2. The molecular weight excluding hydrogens is 234 g/mol. The lowest BCUT2D eigenvalue weighted by Gasteiger charge is -2.26. The number of nitrogens with two attached hydrogens (primary N) is 1. The summed E-state index contributed by atoms with van der Waals surface area (Å²) in [5.74, 6) is 5.03. The molecule has 0 spiro atoms. The summed E-state index contributed by atoms with van der Waals surface area (Å²) < 4.78 is 26.6. The zero-order valence-corrected chi connectivity index (χ0v) is 10.5. The van der Waals surface area contributed by atoms with E-state index in [-0.39, 0.29) is 6.04 Å². The van der Waals surface area contributed by atoms with E-state index in [1.807, 2.05) is 0 Å². The average Bonchev–Trinajstić information content (AvgIpc) is 2.38. The second-order valence-electron chi connectivity index (χ2n) is 5.12. The van der Waals surface area contributed by atoms with E-state index in [4.69, 9.17) is 5.84 Å². The highest BCUT2D eigenvalue weighted by Gasteiger charge is 2.21. The summed E-state index contributed by atoms with van der Waals surface area (Å²) in [5.41, 5.74) is 3.13. The van der Waals surface area contributed by atoms with Crippen molar-refractivity contribution in [2.45, 2.75) is 44.6 Å². The van der Waals surface area contributed by atoms with Gasteiger partial charge in [-0.05, 0) is 18.4 Å². The predicted molar refractivity (Wildman–Crippen MR) is 67.6 cm³/mol. The van der Waals surface area contributed by atoms with E-state index in [1.165, 1.54) is 44.2 Å². The van der Waals surface area contributed by atoms with E-state index in [0.717, 1.165) is 12.5 Å². The number of benzene rings is 1. The highest BCUT2D eigenvalue weighted by molar-refractivity contribution is 5.22. The van der Waals surface area contributed by atoms with E-state index in [9.17, 15) is 8.78 Å². The summed E-state index contributed by atoms with van der Waals surface area (Å²) in [4.78, 5) is 0. The normalized spacial score (nSPS) is 18.8. The number of rotatable bonds is 4. The first kappa shape index (κ1) is 13.4. The van der Waals surface area contributed by atoms with Crippen LogP contribution in [0.1, 0.15) is 50.1 Å². The largest absolute Gasteiger partial charge is 0.271 e. The quantitative estimate of drug-likeness (QED) is 0.638. The molecule has 1 aromatic rings. The molecule has 1 atom stereocenters. The van der Waals surface area contributed by atoms with Crippen molar-refractivity contribution in [1.29, 1.82) is 0 Å². The maximum atomic E-state index is 13.7. The molecule has 0 radical (unpaired) electrons. The van der Waals surface area contributed by atoms with Crippen LogP contribution in [0.2, 0.25) is 0 Å². The van der Waals surface area contributed by atoms with Crippen LogP contribution in [0.25, 0.3) is 0 Å². The van der Waals surface area contributed by atoms with Crippen molar-refractivity contribution in [2.75, 3.05) is 0 Å². The zero-order valence-electron chi connectivity index (χ0n) is 10.5. The summed E-state index contributed by atoms with van der Waals surface area (Å²) in [5, 5.41) is 0. The molecule has 0 bridgehead atoms. The van der Waals surface area contributed by atoms with Gasteiger partial charge in [0.25, 0.3) is 0 Å². The Labute approximate surface area is 107 Å². The van der Waals surface area contributed by atoms with Gasteiger partial charge in [-0.3, -0.25) is 11.3 Å². The SMILES string of the molecule is NNC(CC1CCCCC1)c1ccc(F)cc1F. The van der Waals surface area contributed by atoms with Crippen molar-refractivity contribution in [3.05, 3.63) is 35.4 Å². The van der Waals surface area contributed by atoms with Crippen molar-refractivity contribution >= 4 is 0 Å². The first-order chi connectivity index (χ1) is 8.70. The lowest BCUT2D eigenvalue weighted by atomic mass is 9.83. The molecule has 0 amide bonds. The minimum Gasteiger partial charge on any atom is -0.271 e. The summed E-state index contributed by atoms with van der Waals surface area (Å²) in [6.07, 6.45) is 6.96. The zero-order chi connectivity index (χ0) is 13.0. The average molecular weight is 254 g/mol. The minimum atomic E-state index is -0.551. The van der Waals surface area contributed by atoms with Crippen LogP contribution in [-0.4, -0.2) is 0 Å². The molecule has 1 fully saturated rings. The molecule has 2 rings (SSSR count). The Hall–Kier alpha value is -1.00. The predicted octanol–water partition coefficient (Wildman–Crippen LogP) is 3.44. The molecule has 100 valence electrons.